The van der Waals surface area contributed by atoms with E-state index in [1.165, 1.54) is 18.2 Å². The van der Waals surface area contributed by atoms with Crippen molar-refractivity contribution < 1.29 is 36.9 Å². The number of aliphatic hydroxyl groups is 1. The molecule has 0 aliphatic carbocycles. The molecule has 0 bridgehead atoms. The van der Waals surface area contributed by atoms with E-state index in [-0.39, 0.29) is 5.56 Å². The van der Waals surface area contributed by atoms with E-state index >= 15 is 0 Å². The molecule has 0 saturated heterocycles. The zero-order chi connectivity index (χ0) is 19.8. The fourth-order valence-corrected chi connectivity index (χ4v) is 3.16. The first kappa shape index (κ1) is 19.2. The Morgan fingerprint density at radius 3 is 2.67 bits per heavy atom. The number of aryl methyl sites for hydroxylation is 1. The highest BCUT2D eigenvalue weighted by Crippen LogP contribution is 2.42. The number of carbonyl (C=O) groups is 1. The molecule has 27 heavy (non-hydrogen) atoms. The summed E-state index contributed by atoms with van der Waals surface area (Å²) in [5.41, 5.74) is -1.83. The number of alkyl halides is 3. The van der Waals surface area contributed by atoms with Gasteiger partial charge in [-0.05, 0) is 48.2 Å². The lowest BCUT2D eigenvalue weighted by molar-refractivity contribution is -0.152. The maximum absolute atomic E-state index is 14.6. The Bertz CT molecular complexity index is 877. The summed E-state index contributed by atoms with van der Waals surface area (Å²) in [7, 11) is 0.925. The molecule has 1 atom stereocenters. The summed E-state index contributed by atoms with van der Waals surface area (Å²) in [6, 6.07) is 5.62. The van der Waals surface area contributed by atoms with E-state index in [0.29, 0.717) is 36.5 Å². The van der Waals surface area contributed by atoms with Crippen molar-refractivity contribution in [2.24, 2.45) is 0 Å². The van der Waals surface area contributed by atoms with Crippen molar-refractivity contribution in [2.45, 2.75) is 25.1 Å². The number of methoxy groups -OCH3 is 1. The van der Waals surface area contributed by atoms with Crippen molar-refractivity contribution in [1.82, 2.24) is 0 Å². The summed E-state index contributed by atoms with van der Waals surface area (Å²) in [6.45, 7) is 0.524. The fourth-order valence-electron chi connectivity index (χ4n) is 3.16. The molecule has 1 N–H and O–H groups in total. The average Bonchev–Trinajstić information content (AvgIpc) is 2.65. The summed E-state index contributed by atoms with van der Waals surface area (Å²) in [5, 5.41) is 10.2. The van der Waals surface area contributed by atoms with Crippen molar-refractivity contribution in [1.29, 1.82) is 0 Å². The molecule has 2 aromatic rings. The average molecular weight is 384 g/mol. The SMILES string of the molecule is COC(=O)C(O)c1c(C(F)(F)F)ccc(F)c1-c1ccc2c(c1)CCCO2. The summed E-state index contributed by atoms with van der Waals surface area (Å²) in [5.74, 6) is -1.72. The number of fused-ring (bicyclic) bond motifs is 1. The number of ether oxygens (including phenoxy) is 2. The van der Waals surface area contributed by atoms with Crippen LogP contribution in [0.4, 0.5) is 17.6 Å². The number of benzene rings is 2. The predicted molar refractivity (Wildman–Crippen MR) is 87.6 cm³/mol. The molecular formula is C19H16F4O4. The zero-order valence-electron chi connectivity index (χ0n) is 14.3. The second-order valence-corrected chi connectivity index (χ2v) is 6.08. The van der Waals surface area contributed by atoms with E-state index < -0.39 is 40.8 Å². The van der Waals surface area contributed by atoms with Gasteiger partial charge in [-0.3, -0.25) is 0 Å². The van der Waals surface area contributed by atoms with Gasteiger partial charge in [0.1, 0.15) is 11.6 Å². The summed E-state index contributed by atoms with van der Waals surface area (Å²) >= 11 is 0. The highest BCUT2D eigenvalue weighted by molar-refractivity contribution is 5.82. The fraction of sp³-hybridized carbons (Fsp3) is 0.316. The summed E-state index contributed by atoms with van der Waals surface area (Å²) < 4.78 is 64.8. The third kappa shape index (κ3) is 3.62. The van der Waals surface area contributed by atoms with Gasteiger partial charge in [0.25, 0.3) is 0 Å². The molecule has 1 aliphatic heterocycles. The Balaban J connectivity index is 2.27. The first-order valence-electron chi connectivity index (χ1n) is 8.15. The molecule has 3 rings (SSSR count). The molecular weight excluding hydrogens is 368 g/mol. The smallest absolute Gasteiger partial charge is 0.416 e. The van der Waals surface area contributed by atoms with Crippen molar-refractivity contribution in [3.05, 3.63) is 52.8 Å². The van der Waals surface area contributed by atoms with Crippen LogP contribution in [0.15, 0.2) is 30.3 Å². The Kier molecular flexibility index (Phi) is 5.10. The highest BCUT2D eigenvalue weighted by atomic mass is 19.4. The molecule has 4 nitrogen and oxygen atoms in total. The molecule has 8 heteroatoms. The molecule has 144 valence electrons. The second-order valence-electron chi connectivity index (χ2n) is 6.08. The third-order valence-electron chi connectivity index (χ3n) is 4.40. The van der Waals surface area contributed by atoms with Gasteiger partial charge in [-0.25, -0.2) is 9.18 Å². The molecule has 0 saturated carbocycles. The Labute approximate surface area is 152 Å². The van der Waals surface area contributed by atoms with Gasteiger partial charge in [0, 0.05) is 11.1 Å². The van der Waals surface area contributed by atoms with Gasteiger partial charge in [0.05, 0.1) is 19.3 Å². The number of halogens is 4. The van der Waals surface area contributed by atoms with E-state index in [2.05, 4.69) is 4.74 Å². The molecule has 0 fully saturated rings. The van der Waals surface area contributed by atoms with Gasteiger partial charge in [-0.1, -0.05) is 6.07 Å². The van der Waals surface area contributed by atoms with Gasteiger partial charge in [0.2, 0.25) is 0 Å². The quantitative estimate of drug-likeness (QED) is 0.641. The molecule has 0 radical (unpaired) electrons. The van der Waals surface area contributed by atoms with Crippen LogP contribution in [0.25, 0.3) is 11.1 Å². The summed E-state index contributed by atoms with van der Waals surface area (Å²) in [6.07, 6.45) is -5.84. The van der Waals surface area contributed by atoms with Crippen LogP contribution in [0.5, 0.6) is 5.75 Å². The Morgan fingerprint density at radius 2 is 2.00 bits per heavy atom. The normalized spacial score (nSPS) is 14.9. The third-order valence-corrected chi connectivity index (χ3v) is 4.40. The van der Waals surface area contributed by atoms with Crippen molar-refractivity contribution in [2.75, 3.05) is 13.7 Å². The lowest BCUT2D eigenvalue weighted by Gasteiger charge is -2.22. The van der Waals surface area contributed by atoms with Gasteiger partial charge in [-0.2, -0.15) is 13.2 Å². The van der Waals surface area contributed by atoms with Crippen molar-refractivity contribution in [3.8, 4) is 16.9 Å². The number of rotatable bonds is 3. The zero-order valence-corrected chi connectivity index (χ0v) is 14.3. The molecule has 1 unspecified atom stereocenters. The van der Waals surface area contributed by atoms with Crippen LogP contribution < -0.4 is 4.74 Å². The van der Waals surface area contributed by atoms with Crippen molar-refractivity contribution >= 4 is 5.97 Å². The van der Waals surface area contributed by atoms with Crippen LogP contribution in [0.3, 0.4) is 0 Å². The van der Waals surface area contributed by atoms with Crippen LogP contribution in [-0.2, 0) is 22.1 Å². The van der Waals surface area contributed by atoms with E-state index in [0.717, 1.165) is 13.5 Å². The van der Waals surface area contributed by atoms with Crippen LogP contribution in [0, 0.1) is 5.82 Å². The maximum atomic E-state index is 14.6. The Hall–Kier alpha value is -2.61. The lowest BCUT2D eigenvalue weighted by Crippen LogP contribution is -2.21. The van der Waals surface area contributed by atoms with Gasteiger partial charge < -0.3 is 14.6 Å². The van der Waals surface area contributed by atoms with Crippen LogP contribution >= 0.6 is 0 Å². The number of aliphatic hydroxyl groups excluding tert-OH is 1. The molecule has 0 amide bonds. The van der Waals surface area contributed by atoms with E-state index in [1.807, 2.05) is 0 Å². The predicted octanol–water partition coefficient (Wildman–Crippen LogP) is 4.04. The minimum absolute atomic E-state index is 0.112. The minimum Gasteiger partial charge on any atom is -0.493 e. The van der Waals surface area contributed by atoms with E-state index in [4.69, 9.17) is 4.74 Å². The molecule has 2 aromatic carbocycles. The van der Waals surface area contributed by atoms with Crippen LogP contribution in [0.1, 0.15) is 29.2 Å². The minimum atomic E-state index is -4.90. The number of esters is 1. The standard InChI is InChI=1S/C19H16F4O4/c1-26-18(25)17(24)16-12(19(21,22)23)5-6-13(20)15(16)11-4-7-14-10(9-11)3-2-8-27-14/h4-7,9,17,24H,2-3,8H2,1H3. The molecule has 1 heterocycles. The van der Waals surface area contributed by atoms with Gasteiger partial charge >= 0.3 is 12.1 Å². The highest BCUT2D eigenvalue weighted by Gasteiger charge is 2.39. The number of hydrogen-bond donors (Lipinski definition) is 1. The first-order chi connectivity index (χ1) is 12.7. The van der Waals surface area contributed by atoms with E-state index in [9.17, 15) is 27.5 Å². The monoisotopic (exact) mass is 384 g/mol. The number of hydrogen-bond acceptors (Lipinski definition) is 4. The maximum Gasteiger partial charge on any atom is 0.416 e. The largest absolute Gasteiger partial charge is 0.493 e. The van der Waals surface area contributed by atoms with Crippen LogP contribution in [-0.4, -0.2) is 24.8 Å². The van der Waals surface area contributed by atoms with Crippen LogP contribution in [0.2, 0.25) is 0 Å². The van der Waals surface area contributed by atoms with Crippen molar-refractivity contribution in [3.63, 3.8) is 0 Å². The number of carbonyl (C=O) groups excluding carboxylic acids is 1. The van der Waals surface area contributed by atoms with Gasteiger partial charge in [-0.15, -0.1) is 0 Å². The molecule has 0 spiro atoms. The summed E-state index contributed by atoms with van der Waals surface area (Å²) in [4.78, 5) is 11.7. The first-order valence-corrected chi connectivity index (χ1v) is 8.15. The van der Waals surface area contributed by atoms with E-state index in [1.54, 1.807) is 0 Å². The second kappa shape index (κ2) is 7.19. The topological polar surface area (TPSA) is 55.8 Å². The lowest BCUT2D eigenvalue weighted by atomic mass is 9.89. The van der Waals surface area contributed by atoms with Gasteiger partial charge in [0.15, 0.2) is 6.10 Å². The Morgan fingerprint density at radius 1 is 1.26 bits per heavy atom. The molecule has 1 aliphatic rings. The molecule has 0 aromatic heterocycles.